The normalized spacial score (nSPS) is 15.6. The predicted molar refractivity (Wildman–Crippen MR) is 238 cm³/mol. The topological polar surface area (TPSA) is 3.24 Å². The Balaban J connectivity index is 1.12. The van der Waals surface area contributed by atoms with Crippen LogP contribution in [-0.2, 0) is 10.8 Å². The molecule has 0 unspecified atom stereocenters. The van der Waals surface area contributed by atoms with Crippen LogP contribution in [-0.4, -0.2) is 8.07 Å². The van der Waals surface area contributed by atoms with E-state index in [1.54, 1.807) is 0 Å². The van der Waals surface area contributed by atoms with Crippen molar-refractivity contribution >= 4 is 35.5 Å². The van der Waals surface area contributed by atoms with Crippen molar-refractivity contribution in [3.8, 4) is 33.4 Å². The minimum atomic E-state index is -1.81. The highest BCUT2D eigenvalue weighted by Gasteiger charge is 2.46. The molecule has 0 radical (unpaired) electrons. The van der Waals surface area contributed by atoms with E-state index in [0.717, 1.165) is 5.69 Å². The van der Waals surface area contributed by atoms with Crippen molar-refractivity contribution in [3.05, 3.63) is 221 Å². The summed E-state index contributed by atoms with van der Waals surface area (Å²) in [6.45, 7) is 9.74. The average Bonchev–Trinajstić information content (AvgIpc) is 3.76. The van der Waals surface area contributed by atoms with Gasteiger partial charge in [-0.2, -0.15) is 0 Å². The molecule has 0 atom stereocenters. The van der Waals surface area contributed by atoms with Crippen LogP contribution in [0, 0.1) is 0 Å². The van der Waals surface area contributed by atoms with Gasteiger partial charge in [0.25, 0.3) is 0 Å². The van der Waals surface area contributed by atoms with Gasteiger partial charge in [-0.05, 0) is 114 Å². The molecule has 0 saturated heterocycles. The molecule has 0 spiro atoms. The predicted octanol–water partition coefficient (Wildman–Crippen LogP) is 12.6. The number of rotatable bonds is 5. The molecule has 8 aromatic carbocycles. The maximum atomic E-state index is 2.50. The Bertz CT molecular complexity index is 2820. The molecule has 11 rings (SSSR count). The standard InChI is InChI=1S/C54H43NSi/c1-53(2)47-22-12-8-18-41(47)44-32-30-40(35-50(44)53)55(39-31-33-52-46(34-39)45-21-11-15-25-51(45)56(52,3)4)38-28-26-37(27-29-38)54(36-16-6-5-7-17-36)48-23-13-9-19-42(48)43-20-10-14-24-49(43)54/h5-35H,1-4H3. The van der Waals surface area contributed by atoms with Gasteiger partial charge in [-0.25, -0.2) is 0 Å². The van der Waals surface area contributed by atoms with Crippen LogP contribution in [0.15, 0.2) is 188 Å². The van der Waals surface area contributed by atoms with Crippen LogP contribution >= 0.6 is 0 Å². The third-order valence-electron chi connectivity index (χ3n) is 13.4. The first kappa shape index (κ1) is 33.1. The van der Waals surface area contributed by atoms with Crippen LogP contribution in [0.2, 0.25) is 13.1 Å². The van der Waals surface area contributed by atoms with Crippen molar-refractivity contribution in [2.45, 2.75) is 37.8 Å². The molecule has 1 aliphatic heterocycles. The Kier molecular flexibility index (Phi) is 7.04. The van der Waals surface area contributed by atoms with Crippen molar-refractivity contribution in [1.29, 1.82) is 0 Å². The quantitative estimate of drug-likeness (QED) is 0.159. The van der Waals surface area contributed by atoms with E-state index in [2.05, 4.69) is 220 Å². The molecule has 0 bridgehead atoms. The minimum Gasteiger partial charge on any atom is -0.310 e. The van der Waals surface area contributed by atoms with E-state index in [4.69, 9.17) is 0 Å². The summed E-state index contributed by atoms with van der Waals surface area (Å²) in [5.74, 6) is 0. The van der Waals surface area contributed by atoms with Crippen molar-refractivity contribution in [2.24, 2.45) is 0 Å². The maximum Gasteiger partial charge on any atom is 0.113 e. The fourth-order valence-corrected chi connectivity index (χ4v) is 13.8. The van der Waals surface area contributed by atoms with E-state index >= 15 is 0 Å². The highest BCUT2D eigenvalue weighted by Crippen LogP contribution is 2.56. The van der Waals surface area contributed by atoms with Crippen LogP contribution in [0.5, 0.6) is 0 Å². The fraction of sp³-hybridized carbons (Fsp3) is 0.111. The molecule has 1 heterocycles. The second kappa shape index (κ2) is 11.9. The summed E-state index contributed by atoms with van der Waals surface area (Å²) in [7, 11) is -1.81. The van der Waals surface area contributed by atoms with Crippen molar-refractivity contribution < 1.29 is 0 Å². The van der Waals surface area contributed by atoms with Crippen molar-refractivity contribution in [3.63, 3.8) is 0 Å². The number of anilines is 3. The van der Waals surface area contributed by atoms with E-state index in [0.29, 0.717) is 0 Å². The van der Waals surface area contributed by atoms with E-state index in [1.807, 2.05) is 0 Å². The number of hydrogen-bond acceptors (Lipinski definition) is 1. The van der Waals surface area contributed by atoms with Crippen LogP contribution in [0.4, 0.5) is 17.1 Å². The zero-order valence-corrected chi connectivity index (χ0v) is 33.3. The summed E-state index contributed by atoms with van der Waals surface area (Å²) in [4.78, 5) is 2.49. The number of hydrogen-bond donors (Lipinski definition) is 0. The van der Waals surface area contributed by atoms with Gasteiger partial charge in [0.05, 0.1) is 5.41 Å². The lowest BCUT2D eigenvalue weighted by molar-refractivity contribution is 0.660. The van der Waals surface area contributed by atoms with Gasteiger partial charge in [0, 0.05) is 22.5 Å². The summed E-state index contributed by atoms with van der Waals surface area (Å²) < 4.78 is 0. The first-order valence-electron chi connectivity index (χ1n) is 19.9. The lowest BCUT2D eigenvalue weighted by Gasteiger charge is -2.34. The van der Waals surface area contributed by atoms with Gasteiger partial charge in [-0.3, -0.25) is 0 Å². The number of nitrogens with zero attached hydrogens (tertiary/aromatic N) is 1. The number of fused-ring (bicyclic) bond motifs is 9. The molecule has 0 amide bonds. The Morgan fingerprint density at radius 2 is 0.821 bits per heavy atom. The summed E-state index contributed by atoms with van der Waals surface area (Å²) in [6, 6.07) is 71.0. The minimum absolute atomic E-state index is 0.102. The summed E-state index contributed by atoms with van der Waals surface area (Å²) >= 11 is 0. The van der Waals surface area contributed by atoms with Gasteiger partial charge >= 0.3 is 0 Å². The molecule has 56 heavy (non-hydrogen) atoms. The fourth-order valence-electron chi connectivity index (χ4n) is 10.7. The van der Waals surface area contributed by atoms with E-state index < -0.39 is 13.5 Å². The van der Waals surface area contributed by atoms with Crippen molar-refractivity contribution in [1.82, 2.24) is 0 Å². The van der Waals surface area contributed by atoms with E-state index in [1.165, 1.54) is 88.5 Å². The maximum absolute atomic E-state index is 2.50. The lowest BCUT2D eigenvalue weighted by atomic mass is 9.68. The smallest absolute Gasteiger partial charge is 0.113 e. The molecule has 3 aliphatic rings. The Morgan fingerprint density at radius 3 is 1.50 bits per heavy atom. The molecule has 2 heteroatoms. The lowest BCUT2D eigenvalue weighted by Crippen LogP contribution is -2.49. The zero-order chi connectivity index (χ0) is 37.8. The molecule has 0 N–H and O–H groups in total. The zero-order valence-electron chi connectivity index (χ0n) is 32.3. The first-order valence-corrected chi connectivity index (χ1v) is 22.9. The second-order valence-electron chi connectivity index (χ2n) is 16.9. The SMILES string of the molecule is CC1(C)c2ccccc2-c2ccc(N(c3ccc(C4(c5ccccc5)c5ccccc5-c5ccccc54)cc3)c3ccc4c(c3)-c3ccccc3[Si]4(C)C)cc21. The van der Waals surface area contributed by atoms with Gasteiger partial charge in [-0.15, -0.1) is 0 Å². The summed E-state index contributed by atoms with van der Waals surface area (Å²) in [5.41, 5.74) is 19.0. The van der Waals surface area contributed by atoms with Crippen LogP contribution in [0.3, 0.4) is 0 Å². The third kappa shape index (κ3) is 4.42. The third-order valence-corrected chi connectivity index (χ3v) is 16.9. The molecule has 1 nitrogen and oxygen atoms in total. The molecular formula is C54H43NSi. The molecule has 0 aromatic heterocycles. The second-order valence-corrected chi connectivity index (χ2v) is 21.2. The molecule has 2 aliphatic carbocycles. The molecular weight excluding hydrogens is 691 g/mol. The summed E-state index contributed by atoms with van der Waals surface area (Å²) in [5, 5.41) is 3.05. The highest BCUT2D eigenvalue weighted by molar-refractivity contribution is 7.03. The van der Waals surface area contributed by atoms with Crippen LogP contribution in [0.1, 0.15) is 47.2 Å². The van der Waals surface area contributed by atoms with Gasteiger partial charge < -0.3 is 4.90 Å². The van der Waals surface area contributed by atoms with Gasteiger partial charge in [0.2, 0.25) is 0 Å². The van der Waals surface area contributed by atoms with Crippen LogP contribution < -0.4 is 15.3 Å². The Hall–Kier alpha value is -6.22. The average molecular weight is 734 g/mol. The molecule has 268 valence electrons. The Labute approximate surface area is 331 Å². The molecule has 0 saturated carbocycles. The monoisotopic (exact) mass is 733 g/mol. The van der Waals surface area contributed by atoms with E-state index in [-0.39, 0.29) is 5.41 Å². The van der Waals surface area contributed by atoms with Crippen LogP contribution in [0.25, 0.3) is 33.4 Å². The summed E-state index contributed by atoms with van der Waals surface area (Å²) in [6.07, 6.45) is 0. The van der Waals surface area contributed by atoms with E-state index in [9.17, 15) is 0 Å². The highest BCUT2D eigenvalue weighted by atomic mass is 28.3. The van der Waals surface area contributed by atoms with Gasteiger partial charge in [-0.1, -0.05) is 179 Å². The van der Waals surface area contributed by atoms with Gasteiger partial charge in [0.15, 0.2) is 0 Å². The Morgan fingerprint density at radius 1 is 0.357 bits per heavy atom. The largest absolute Gasteiger partial charge is 0.310 e. The van der Waals surface area contributed by atoms with Gasteiger partial charge in [0.1, 0.15) is 8.07 Å². The molecule has 0 fully saturated rings. The number of benzene rings is 8. The van der Waals surface area contributed by atoms with Crippen molar-refractivity contribution in [2.75, 3.05) is 4.90 Å². The first-order chi connectivity index (χ1) is 27.3. The molecule has 8 aromatic rings.